The zero-order valence-electron chi connectivity index (χ0n) is 10.3. The van der Waals surface area contributed by atoms with Crippen LogP contribution in [0.15, 0.2) is 53.9 Å². The number of hydrogen-bond donors (Lipinski definition) is 1. The van der Waals surface area contributed by atoms with Crippen molar-refractivity contribution in [1.82, 2.24) is 0 Å². The molecule has 0 aliphatic heterocycles. The third kappa shape index (κ3) is 1.84. The molecule has 1 nitrogen and oxygen atoms in total. The minimum atomic E-state index is -0.0319. The van der Waals surface area contributed by atoms with Crippen LogP contribution in [-0.4, -0.2) is 0 Å². The third-order valence-corrected chi connectivity index (χ3v) is 4.32. The van der Waals surface area contributed by atoms with E-state index in [0.29, 0.717) is 0 Å². The van der Waals surface area contributed by atoms with Gasteiger partial charge in [0.1, 0.15) is 0 Å². The van der Waals surface area contributed by atoms with E-state index in [4.69, 9.17) is 5.73 Å². The van der Waals surface area contributed by atoms with Gasteiger partial charge in [-0.3, -0.25) is 0 Å². The zero-order valence-corrected chi connectivity index (χ0v) is 11.1. The molecule has 0 saturated heterocycles. The summed E-state index contributed by atoms with van der Waals surface area (Å²) in [7, 11) is 0. The van der Waals surface area contributed by atoms with Gasteiger partial charge in [-0.05, 0) is 40.3 Å². The molecule has 18 heavy (non-hydrogen) atoms. The molecule has 1 aromatic heterocycles. The van der Waals surface area contributed by atoms with E-state index < -0.39 is 0 Å². The zero-order chi connectivity index (χ0) is 12.5. The van der Waals surface area contributed by atoms with E-state index >= 15 is 0 Å². The van der Waals surface area contributed by atoms with Crippen molar-refractivity contribution in [3.05, 3.63) is 69.9 Å². The van der Waals surface area contributed by atoms with Crippen LogP contribution >= 0.6 is 11.3 Å². The molecule has 0 fully saturated rings. The van der Waals surface area contributed by atoms with Gasteiger partial charge in [0.2, 0.25) is 0 Å². The highest BCUT2D eigenvalue weighted by Crippen LogP contribution is 2.30. The maximum absolute atomic E-state index is 6.39. The highest BCUT2D eigenvalue weighted by atomic mass is 32.1. The van der Waals surface area contributed by atoms with Crippen LogP contribution in [0.5, 0.6) is 0 Å². The van der Waals surface area contributed by atoms with Gasteiger partial charge in [0.15, 0.2) is 0 Å². The maximum atomic E-state index is 6.39. The van der Waals surface area contributed by atoms with Crippen molar-refractivity contribution in [3.63, 3.8) is 0 Å². The SMILES string of the molecule is Cc1ccc([C@H](N)c2cccs2)c2ccccc12. The molecular weight excluding hydrogens is 238 g/mol. The fraction of sp³-hybridized carbons (Fsp3) is 0.125. The van der Waals surface area contributed by atoms with Crippen LogP contribution in [0.4, 0.5) is 0 Å². The minimum absolute atomic E-state index is 0.0319. The molecule has 1 heterocycles. The summed E-state index contributed by atoms with van der Waals surface area (Å²) in [5.41, 5.74) is 8.89. The first kappa shape index (κ1) is 11.5. The quantitative estimate of drug-likeness (QED) is 0.725. The molecular formula is C16H15NS. The van der Waals surface area contributed by atoms with Gasteiger partial charge in [-0.25, -0.2) is 0 Å². The molecule has 0 unspecified atom stereocenters. The van der Waals surface area contributed by atoms with Crippen LogP contribution in [0.25, 0.3) is 10.8 Å². The molecule has 0 saturated carbocycles. The summed E-state index contributed by atoms with van der Waals surface area (Å²) in [6.45, 7) is 2.14. The van der Waals surface area contributed by atoms with E-state index in [1.807, 2.05) is 0 Å². The molecule has 0 bridgehead atoms. The average Bonchev–Trinajstić information content (AvgIpc) is 2.93. The number of fused-ring (bicyclic) bond motifs is 1. The number of rotatable bonds is 2. The second-order valence-corrected chi connectivity index (χ2v) is 5.49. The summed E-state index contributed by atoms with van der Waals surface area (Å²) in [5.74, 6) is 0. The summed E-state index contributed by atoms with van der Waals surface area (Å²) in [6, 6.07) is 16.9. The Hall–Kier alpha value is -1.64. The Bertz CT molecular complexity index is 671. The largest absolute Gasteiger partial charge is 0.320 e. The van der Waals surface area contributed by atoms with E-state index in [9.17, 15) is 0 Å². The Kier molecular flexibility index (Phi) is 2.90. The van der Waals surface area contributed by atoms with Crippen molar-refractivity contribution >= 4 is 22.1 Å². The summed E-state index contributed by atoms with van der Waals surface area (Å²) in [4.78, 5) is 1.21. The number of nitrogens with two attached hydrogens (primary N) is 1. The molecule has 0 aliphatic rings. The molecule has 3 aromatic rings. The van der Waals surface area contributed by atoms with E-state index in [0.717, 1.165) is 0 Å². The molecule has 0 aliphatic carbocycles. The van der Waals surface area contributed by atoms with Crippen molar-refractivity contribution in [2.75, 3.05) is 0 Å². The van der Waals surface area contributed by atoms with Gasteiger partial charge in [-0.2, -0.15) is 0 Å². The summed E-state index contributed by atoms with van der Waals surface area (Å²) >= 11 is 1.71. The van der Waals surface area contributed by atoms with Crippen LogP contribution in [0.3, 0.4) is 0 Å². The Labute approximate surface area is 111 Å². The van der Waals surface area contributed by atoms with E-state index in [-0.39, 0.29) is 6.04 Å². The van der Waals surface area contributed by atoms with Crippen molar-refractivity contribution in [3.8, 4) is 0 Å². The Balaban J connectivity index is 2.21. The normalized spacial score (nSPS) is 12.8. The second-order valence-electron chi connectivity index (χ2n) is 4.51. The summed E-state index contributed by atoms with van der Waals surface area (Å²) in [6.07, 6.45) is 0. The monoisotopic (exact) mass is 253 g/mol. The fourth-order valence-electron chi connectivity index (χ4n) is 2.37. The molecule has 0 radical (unpaired) electrons. The molecule has 0 spiro atoms. The first-order chi connectivity index (χ1) is 8.77. The standard InChI is InChI=1S/C16H15NS/c1-11-8-9-14(13-6-3-2-5-12(11)13)16(17)15-7-4-10-18-15/h2-10,16H,17H2,1H3/t16-/m0/s1. The number of hydrogen-bond acceptors (Lipinski definition) is 2. The number of benzene rings is 2. The molecule has 2 N–H and O–H groups in total. The van der Waals surface area contributed by atoms with Crippen molar-refractivity contribution in [2.24, 2.45) is 5.73 Å². The Morgan fingerprint density at radius 3 is 2.44 bits per heavy atom. The van der Waals surface area contributed by atoms with Gasteiger partial charge < -0.3 is 5.73 Å². The van der Waals surface area contributed by atoms with Gasteiger partial charge in [0.25, 0.3) is 0 Å². The highest BCUT2D eigenvalue weighted by Gasteiger charge is 2.13. The second kappa shape index (κ2) is 4.56. The third-order valence-electron chi connectivity index (χ3n) is 3.36. The van der Waals surface area contributed by atoms with Gasteiger partial charge in [0, 0.05) is 4.88 Å². The average molecular weight is 253 g/mol. The lowest BCUT2D eigenvalue weighted by Gasteiger charge is -2.14. The maximum Gasteiger partial charge on any atom is 0.0652 e. The minimum Gasteiger partial charge on any atom is -0.320 e. The first-order valence-corrected chi connectivity index (χ1v) is 6.92. The molecule has 2 aromatic carbocycles. The molecule has 0 amide bonds. The summed E-state index contributed by atoms with van der Waals surface area (Å²) in [5, 5.41) is 4.63. The number of thiophene rings is 1. The van der Waals surface area contributed by atoms with Crippen molar-refractivity contribution in [1.29, 1.82) is 0 Å². The topological polar surface area (TPSA) is 26.0 Å². The van der Waals surface area contributed by atoms with Gasteiger partial charge in [-0.1, -0.05) is 42.5 Å². The smallest absolute Gasteiger partial charge is 0.0652 e. The van der Waals surface area contributed by atoms with E-state index in [2.05, 4.69) is 60.8 Å². The lowest BCUT2D eigenvalue weighted by Crippen LogP contribution is -2.10. The first-order valence-electron chi connectivity index (χ1n) is 6.04. The van der Waals surface area contributed by atoms with Crippen LogP contribution in [0, 0.1) is 6.92 Å². The van der Waals surface area contributed by atoms with E-state index in [1.54, 1.807) is 11.3 Å². The molecule has 1 atom stereocenters. The van der Waals surface area contributed by atoms with Gasteiger partial charge in [-0.15, -0.1) is 11.3 Å². The van der Waals surface area contributed by atoms with Crippen LogP contribution in [-0.2, 0) is 0 Å². The fourth-order valence-corrected chi connectivity index (χ4v) is 3.11. The Morgan fingerprint density at radius 1 is 0.944 bits per heavy atom. The predicted octanol–water partition coefficient (Wildman–Crippen LogP) is 4.26. The van der Waals surface area contributed by atoms with Gasteiger partial charge >= 0.3 is 0 Å². The van der Waals surface area contributed by atoms with E-state index in [1.165, 1.54) is 26.8 Å². The van der Waals surface area contributed by atoms with Gasteiger partial charge in [0.05, 0.1) is 6.04 Å². The molecule has 3 rings (SSSR count). The van der Waals surface area contributed by atoms with Crippen molar-refractivity contribution in [2.45, 2.75) is 13.0 Å². The predicted molar refractivity (Wildman–Crippen MR) is 79.0 cm³/mol. The highest BCUT2D eigenvalue weighted by molar-refractivity contribution is 7.10. The number of aryl methyl sites for hydroxylation is 1. The lowest BCUT2D eigenvalue weighted by atomic mass is 9.95. The summed E-state index contributed by atoms with van der Waals surface area (Å²) < 4.78 is 0. The molecule has 90 valence electrons. The molecule has 2 heteroatoms. The van der Waals surface area contributed by atoms with Crippen LogP contribution in [0.2, 0.25) is 0 Å². The van der Waals surface area contributed by atoms with Crippen LogP contribution < -0.4 is 5.73 Å². The lowest BCUT2D eigenvalue weighted by molar-refractivity contribution is 0.903. The Morgan fingerprint density at radius 2 is 1.72 bits per heavy atom. The van der Waals surface area contributed by atoms with Crippen LogP contribution in [0.1, 0.15) is 22.0 Å². The van der Waals surface area contributed by atoms with Crippen molar-refractivity contribution < 1.29 is 0 Å².